The van der Waals surface area contributed by atoms with Crippen LogP contribution < -0.4 is 0 Å². The zero-order chi connectivity index (χ0) is 12.9. The first kappa shape index (κ1) is 11.3. The van der Waals surface area contributed by atoms with Gasteiger partial charge in [-0.3, -0.25) is 4.79 Å². The van der Waals surface area contributed by atoms with Crippen molar-refractivity contribution >= 4 is 16.9 Å². The Labute approximate surface area is 105 Å². The number of aryl methyl sites for hydroxylation is 2. The average molecular weight is 244 g/mol. The minimum atomic E-state index is -0.720. The lowest BCUT2D eigenvalue weighted by Crippen LogP contribution is -2.13. The van der Waals surface area contributed by atoms with Crippen molar-refractivity contribution < 1.29 is 14.3 Å². The summed E-state index contributed by atoms with van der Waals surface area (Å²) in [4.78, 5) is 11.0. The zero-order valence-electron chi connectivity index (χ0n) is 10.6. The predicted octanol–water partition coefficient (Wildman–Crippen LogP) is 3.56. The predicted molar refractivity (Wildman–Crippen MR) is 68.9 cm³/mol. The molecule has 1 aliphatic carbocycles. The summed E-state index contributed by atoms with van der Waals surface area (Å²) in [5.74, 6) is 0.200. The van der Waals surface area contributed by atoms with Gasteiger partial charge >= 0.3 is 5.97 Å². The summed E-state index contributed by atoms with van der Waals surface area (Å²) in [6, 6.07) is 5.97. The number of benzene rings is 1. The fourth-order valence-electron chi connectivity index (χ4n) is 2.84. The lowest BCUT2D eigenvalue weighted by atomic mass is 9.88. The molecule has 1 aromatic carbocycles. The Kier molecular flexibility index (Phi) is 2.27. The van der Waals surface area contributed by atoms with Gasteiger partial charge in [0.25, 0.3) is 0 Å². The Morgan fingerprint density at radius 1 is 1.39 bits per heavy atom. The van der Waals surface area contributed by atoms with Crippen LogP contribution >= 0.6 is 0 Å². The fraction of sp³-hybridized carbons (Fsp3) is 0.400. The van der Waals surface area contributed by atoms with Crippen molar-refractivity contribution in [3.63, 3.8) is 0 Å². The lowest BCUT2D eigenvalue weighted by Gasteiger charge is -2.14. The molecule has 1 aliphatic rings. The molecule has 0 aliphatic heterocycles. The molecule has 0 spiro atoms. The standard InChI is InChI=1S/C15H16O3/c1-9-10(2)18-12-5-3-4-11(14(9)12)15(6-7-15)8-13(16)17/h3-5H,6-8H2,1-2H3,(H,16,17). The van der Waals surface area contributed by atoms with Crippen LogP contribution in [0.4, 0.5) is 0 Å². The molecular weight excluding hydrogens is 228 g/mol. The van der Waals surface area contributed by atoms with Gasteiger partial charge in [-0.05, 0) is 43.9 Å². The van der Waals surface area contributed by atoms with Crippen molar-refractivity contribution in [2.75, 3.05) is 0 Å². The molecule has 1 fully saturated rings. The highest BCUT2D eigenvalue weighted by molar-refractivity contribution is 5.88. The molecule has 1 saturated carbocycles. The molecule has 3 nitrogen and oxygen atoms in total. The molecule has 0 bridgehead atoms. The minimum Gasteiger partial charge on any atom is -0.481 e. The second-order valence-corrected chi connectivity index (χ2v) is 5.31. The summed E-state index contributed by atoms with van der Waals surface area (Å²) in [6.07, 6.45) is 2.14. The van der Waals surface area contributed by atoms with E-state index in [1.165, 1.54) is 0 Å². The molecular formula is C15H16O3. The molecule has 94 valence electrons. The van der Waals surface area contributed by atoms with E-state index in [-0.39, 0.29) is 11.8 Å². The van der Waals surface area contributed by atoms with Gasteiger partial charge in [0.15, 0.2) is 0 Å². The van der Waals surface area contributed by atoms with Crippen LogP contribution in [0.5, 0.6) is 0 Å². The van der Waals surface area contributed by atoms with Crippen LogP contribution in [-0.4, -0.2) is 11.1 Å². The van der Waals surface area contributed by atoms with Gasteiger partial charge in [-0.1, -0.05) is 12.1 Å². The van der Waals surface area contributed by atoms with Gasteiger partial charge in [-0.25, -0.2) is 0 Å². The molecule has 3 heteroatoms. The molecule has 18 heavy (non-hydrogen) atoms. The number of carbonyl (C=O) groups is 1. The topological polar surface area (TPSA) is 50.4 Å². The Bertz CT molecular complexity index is 632. The second-order valence-electron chi connectivity index (χ2n) is 5.31. The summed E-state index contributed by atoms with van der Waals surface area (Å²) < 4.78 is 5.72. The lowest BCUT2D eigenvalue weighted by molar-refractivity contribution is -0.137. The van der Waals surface area contributed by atoms with Crippen LogP contribution in [0.2, 0.25) is 0 Å². The molecule has 0 amide bonds. The Morgan fingerprint density at radius 3 is 2.72 bits per heavy atom. The third-order valence-corrected chi connectivity index (χ3v) is 4.11. The molecule has 3 rings (SSSR count). The van der Waals surface area contributed by atoms with Gasteiger partial charge in [-0.2, -0.15) is 0 Å². The zero-order valence-corrected chi connectivity index (χ0v) is 10.6. The number of fused-ring (bicyclic) bond motifs is 1. The quantitative estimate of drug-likeness (QED) is 0.898. The summed E-state index contributed by atoms with van der Waals surface area (Å²) in [6.45, 7) is 4.00. The van der Waals surface area contributed by atoms with Crippen molar-refractivity contribution in [3.05, 3.63) is 35.1 Å². The van der Waals surface area contributed by atoms with E-state index in [0.717, 1.165) is 40.7 Å². The van der Waals surface area contributed by atoms with Crippen LogP contribution in [0.15, 0.2) is 22.6 Å². The first-order valence-corrected chi connectivity index (χ1v) is 6.24. The number of carboxylic acids is 1. The molecule has 0 atom stereocenters. The van der Waals surface area contributed by atoms with E-state index in [0.29, 0.717) is 0 Å². The summed E-state index contributed by atoms with van der Waals surface area (Å²) in [5, 5.41) is 10.2. The van der Waals surface area contributed by atoms with Gasteiger partial charge in [0.2, 0.25) is 0 Å². The van der Waals surface area contributed by atoms with Gasteiger partial charge in [0.05, 0.1) is 6.42 Å². The fourth-order valence-corrected chi connectivity index (χ4v) is 2.84. The number of hydrogen-bond acceptors (Lipinski definition) is 2. The molecule has 0 radical (unpaired) electrons. The molecule has 0 saturated heterocycles. The molecule has 2 aromatic rings. The van der Waals surface area contributed by atoms with Crippen LogP contribution in [0.25, 0.3) is 11.0 Å². The third kappa shape index (κ3) is 1.54. The maximum Gasteiger partial charge on any atom is 0.304 e. The summed E-state index contributed by atoms with van der Waals surface area (Å²) >= 11 is 0. The highest BCUT2D eigenvalue weighted by Gasteiger charge is 2.47. The van der Waals surface area contributed by atoms with Crippen molar-refractivity contribution in [1.82, 2.24) is 0 Å². The maximum absolute atomic E-state index is 11.0. The van der Waals surface area contributed by atoms with E-state index >= 15 is 0 Å². The van der Waals surface area contributed by atoms with Gasteiger partial charge in [0, 0.05) is 10.8 Å². The normalized spacial score (nSPS) is 17.0. The van der Waals surface area contributed by atoms with Gasteiger partial charge < -0.3 is 9.52 Å². The second kappa shape index (κ2) is 3.61. The Hall–Kier alpha value is -1.77. The number of rotatable bonds is 3. The smallest absolute Gasteiger partial charge is 0.304 e. The van der Waals surface area contributed by atoms with E-state index in [2.05, 4.69) is 6.07 Å². The van der Waals surface area contributed by atoms with E-state index in [4.69, 9.17) is 9.52 Å². The van der Waals surface area contributed by atoms with E-state index in [9.17, 15) is 4.79 Å². The SMILES string of the molecule is Cc1oc2cccc(C3(CC(=O)O)CC3)c2c1C. The van der Waals surface area contributed by atoms with Crippen molar-refractivity contribution in [1.29, 1.82) is 0 Å². The van der Waals surface area contributed by atoms with E-state index < -0.39 is 5.97 Å². The van der Waals surface area contributed by atoms with E-state index in [1.54, 1.807) is 0 Å². The van der Waals surface area contributed by atoms with Crippen LogP contribution in [0, 0.1) is 13.8 Å². The molecule has 1 aromatic heterocycles. The average Bonchev–Trinajstić information content (AvgIpc) is 3.01. The van der Waals surface area contributed by atoms with Crippen LogP contribution in [-0.2, 0) is 10.2 Å². The number of furan rings is 1. The first-order valence-electron chi connectivity index (χ1n) is 6.24. The molecule has 1 heterocycles. The van der Waals surface area contributed by atoms with Crippen LogP contribution in [0.3, 0.4) is 0 Å². The highest BCUT2D eigenvalue weighted by Crippen LogP contribution is 2.53. The van der Waals surface area contributed by atoms with E-state index in [1.807, 2.05) is 26.0 Å². The summed E-state index contributed by atoms with van der Waals surface area (Å²) in [7, 11) is 0. The van der Waals surface area contributed by atoms with Crippen molar-refractivity contribution in [2.45, 2.75) is 38.5 Å². The Morgan fingerprint density at radius 2 is 2.11 bits per heavy atom. The van der Waals surface area contributed by atoms with Crippen molar-refractivity contribution in [3.8, 4) is 0 Å². The number of carboxylic acid groups (broad SMARTS) is 1. The number of hydrogen-bond donors (Lipinski definition) is 1. The largest absolute Gasteiger partial charge is 0.481 e. The minimum absolute atomic E-state index is 0.160. The number of aliphatic carboxylic acids is 1. The maximum atomic E-state index is 11.0. The van der Waals surface area contributed by atoms with Crippen LogP contribution in [0.1, 0.15) is 36.1 Å². The van der Waals surface area contributed by atoms with Gasteiger partial charge in [0.1, 0.15) is 11.3 Å². The Balaban J connectivity index is 2.21. The van der Waals surface area contributed by atoms with Gasteiger partial charge in [-0.15, -0.1) is 0 Å². The molecule has 0 unspecified atom stereocenters. The molecule has 1 N–H and O–H groups in total. The summed E-state index contributed by atoms with van der Waals surface area (Å²) in [5.41, 5.74) is 3.00. The third-order valence-electron chi connectivity index (χ3n) is 4.11. The van der Waals surface area contributed by atoms with Crippen molar-refractivity contribution in [2.24, 2.45) is 0 Å². The highest BCUT2D eigenvalue weighted by atomic mass is 16.4. The first-order chi connectivity index (χ1) is 8.53. The monoisotopic (exact) mass is 244 g/mol.